The summed E-state index contributed by atoms with van der Waals surface area (Å²) in [6.45, 7) is 1.52. The van der Waals surface area contributed by atoms with Crippen molar-refractivity contribution in [2.75, 3.05) is 7.11 Å². The number of alkyl halides is 3. The van der Waals surface area contributed by atoms with E-state index in [2.05, 4.69) is 25.8 Å². The van der Waals surface area contributed by atoms with Gasteiger partial charge in [0.1, 0.15) is 17.0 Å². The first-order valence-electron chi connectivity index (χ1n) is 5.67. The molecule has 0 saturated heterocycles. The van der Waals surface area contributed by atoms with Crippen LogP contribution in [0.25, 0.3) is 11.3 Å². The van der Waals surface area contributed by atoms with Crippen LogP contribution < -0.4 is 0 Å². The highest BCUT2D eigenvalue weighted by Crippen LogP contribution is 2.37. The van der Waals surface area contributed by atoms with Crippen LogP contribution in [0.1, 0.15) is 21.7 Å². The summed E-state index contributed by atoms with van der Waals surface area (Å²) in [5.74, 6) is -0.437. The van der Waals surface area contributed by atoms with Crippen molar-refractivity contribution in [3.05, 3.63) is 39.6 Å². The highest BCUT2D eigenvalue weighted by molar-refractivity contribution is 9.10. The van der Waals surface area contributed by atoms with Gasteiger partial charge in [0.2, 0.25) is 0 Å². The van der Waals surface area contributed by atoms with Gasteiger partial charge in [0.25, 0.3) is 0 Å². The lowest BCUT2D eigenvalue weighted by atomic mass is 10.0. The quantitative estimate of drug-likeness (QED) is 0.749. The summed E-state index contributed by atoms with van der Waals surface area (Å²) >= 11 is 2.87. The van der Waals surface area contributed by atoms with E-state index < -0.39 is 17.7 Å². The van der Waals surface area contributed by atoms with E-state index in [1.807, 2.05) is 0 Å². The summed E-state index contributed by atoms with van der Waals surface area (Å²) in [4.78, 5) is 11.7. The number of carbonyl (C=O) groups is 1. The predicted octanol–water partition coefficient (Wildman–Crippen LogP) is 4.22. The van der Waals surface area contributed by atoms with Gasteiger partial charge in [0.05, 0.1) is 12.7 Å². The van der Waals surface area contributed by atoms with Crippen molar-refractivity contribution in [3.63, 3.8) is 0 Å². The van der Waals surface area contributed by atoms with Gasteiger partial charge in [-0.05, 0) is 19.1 Å². The van der Waals surface area contributed by atoms with Gasteiger partial charge >= 0.3 is 12.1 Å². The molecule has 0 aliphatic carbocycles. The maximum atomic E-state index is 12.7. The lowest BCUT2D eigenvalue weighted by molar-refractivity contribution is -0.138. The molecule has 0 radical (unpaired) electrons. The molecule has 1 aromatic carbocycles. The van der Waals surface area contributed by atoms with Gasteiger partial charge in [-0.2, -0.15) is 13.2 Å². The van der Waals surface area contributed by atoms with E-state index in [0.717, 1.165) is 6.07 Å². The van der Waals surface area contributed by atoms with E-state index in [0.29, 0.717) is 5.56 Å². The van der Waals surface area contributed by atoms with Gasteiger partial charge < -0.3 is 9.26 Å². The molecule has 1 heterocycles. The second-order valence-corrected chi connectivity index (χ2v) is 5.00. The number of nitrogens with zero attached hydrogens (tertiary/aromatic N) is 1. The molecule has 1 aromatic heterocycles. The van der Waals surface area contributed by atoms with Crippen LogP contribution in [-0.2, 0) is 10.9 Å². The Balaban J connectivity index is 2.54. The van der Waals surface area contributed by atoms with Crippen LogP contribution in [0, 0.1) is 6.92 Å². The highest BCUT2D eigenvalue weighted by atomic mass is 79.9. The van der Waals surface area contributed by atoms with E-state index in [4.69, 9.17) is 4.52 Å². The van der Waals surface area contributed by atoms with Crippen LogP contribution in [-0.4, -0.2) is 18.2 Å². The van der Waals surface area contributed by atoms with Crippen LogP contribution in [0.15, 0.2) is 27.2 Å². The average molecular weight is 364 g/mol. The zero-order chi connectivity index (χ0) is 15.8. The third-order valence-corrected chi connectivity index (χ3v) is 3.46. The summed E-state index contributed by atoms with van der Waals surface area (Å²) in [5, 5.41) is 3.71. The number of benzene rings is 1. The minimum atomic E-state index is -4.47. The summed E-state index contributed by atoms with van der Waals surface area (Å²) < 4.78 is 47.5. The predicted molar refractivity (Wildman–Crippen MR) is 70.7 cm³/mol. The molecule has 0 unspecified atom stereocenters. The Morgan fingerprint density at radius 2 is 2.05 bits per heavy atom. The van der Waals surface area contributed by atoms with Crippen LogP contribution in [0.2, 0.25) is 0 Å². The fourth-order valence-electron chi connectivity index (χ4n) is 1.80. The Kier molecular flexibility index (Phi) is 4.08. The van der Waals surface area contributed by atoms with E-state index in [9.17, 15) is 18.0 Å². The Hall–Kier alpha value is -1.83. The molecule has 0 spiro atoms. The van der Waals surface area contributed by atoms with Gasteiger partial charge in [-0.15, -0.1) is 0 Å². The monoisotopic (exact) mass is 363 g/mol. The third-order valence-electron chi connectivity index (χ3n) is 2.80. The Morgan fingerprint density at radius 3 is 2.57 bits per heavy atom. The van der Waals surface area contributed by atoms with E-state index in [-0.39, 0.29) is 21.5 Å². The Labute approximate surface area is 126 Å². The molecule has 8 heteroatoms. The number of esters is 1. The zero-order valence-electron chi connectivity index (χ0n) is 10.9. The SMILES string of the molecule is COC(=O)c1c(-c2ccc(C(F)(F)F)c(Br)c2)noc1C. The van der Waals surface area contributed by atoms with E-state index in [1.165, 1.54) is 26.2 Å². The number of rotatable bonds is 2. The van der Waals surface area contributed by atoms with Gasteiger partial charge in [0, 0.05) is 10.0 Å². The minimum absolute atomic E-state index is 0.0872. The van der Waals surface area contributed by atoms with Crippen LogP contribution in [0.4, 0.5) is 13.2 Å². The molecule has 4 nitrogen and oxygen atoms in total. The van der Waals surface area contributed by atoms with Crippen molar-refractivity contribution >= 4 is 21.9 Å². The smallest absolute Gasteiger partial charge is 0.417 e. The number of ether oxygens (including phenoxy) is 1. The molecule has 0 aliphatic rings. The normalized spacial score (nSPS) is 11.5. The number of methoxy groups -OCH3 is 1. The second-order valence-electron chi connectivity index (χ2n) is 4.15. The first kappa shape index (κ1) is 15.6. The van der Waals surface area contributed by atoms with Crippen molar-refractivity contribution < 1.29 is 27.2 Å². The summed E-state index contributed by atoms with van der Waals surface area (Å²) in [5.41, 5.74) is -0.281. The molecule has 0 amide bonds. The number of halogens is 4. The zero-order valence-corrected chi connectivity index (χ0v) is 12.5. The topological polar surface area (TPSA) is 52.3 Å². The molecule has 0 aliphatic heterocycles. The molecule has 21 heavy (non-hydrogen) atoms. The van der Waals surface area contributed by atoms with Gasteiger partial charge in [-0.25, -0.2) is 4.79 Å². The van der Waals surface area contributed by atoms with Crippen LogP contribution in [0.3, 0.4) is 0 Å². The molecule has 0 saturated carbocycles. The largest absolute Gasteiger partial charge is 0.465 e. The van der Waals surface area contributed by atoms with E-state index in [1.54, 1.807) is 0 Å². The summed E-state index contributed by atoms with van der Waals surface area (Å²) in [7, 11) is 1.20. The third kappa shape index (κ3) is 2.94. The summed E-state index contributed by atoms with van der Waals surface area (Å²) in [6.07, 6.45) is -4.47. The molecule has 2 aromatic rings. The van der Waals surface area contributed by atoms with Crippen LogP contribution >= 0.6 is 15.9 Å². The first-order chi connectivity index (χ1) is 9.75. The van der Waals surface area contributed by atoms with Gasteiger partial charge in [0.15, 0.2) is 0 Å². The van der Waals surface area contributed by atoms with Gasteiger partial charge in [-0.3, -0.25) is 0 Å². The lowest BCUT2D eigenvalue weighted by Crippen LogP contribution is -2.06. The second kappa shape index (κ2) is 5.51. The Bertz CT molecular complexity index is 694. The maximum absolute atomic E-state index is 12.7. The molecule has 0 atom stereocenters. The first-order valence-corrected chi connectivity index (χ1v) is 6.46. The van der Waals surface area contributed by atoms with Crippen molar-refractivity contribution in [2.24, 2.45) is 0 Å². The number of hydrogen-bond donors (Lipinski definition) is 0. The van der Waals surface area contributed by atoms with Gasteiger partial charge in [-0.1, -0.05) is 27.2 Å². The minimum Gasteiger partial charge on any atom is -0.465 e. The molecule has 112 valence electrons. The summed E-state index contributed by atoms with van der Waals surface area (Å²) in [6, 6.07) is 3.36. The van der Waals surface area contributed by atoms with Crippen molar-refractivity contribution in [3.8, 4) is 11.3 Å². The Morgan fingerprint density at radius 1 is 1.38 bits per heavy atom. The maximum Gasteiger partial charge on any atom is 0.417 e. The van der Waals surface area contributed by atoms with Crippen molar-refractivity contribution in [1.82, 2.24) is 5.16 Å². The molecule has 0 bridgehead atoms. The molecule has 2 rings (SSSR count). The fourth-order valence-corrected chi connectivity index (χ4v) is 2.41. The van der Waals surface area contributed by atoms with Crippen molar-refractivity contribution in [2.45, 2.75) is 13.1 Å². The molecule has 0 N–H and O–H groups in total. The lowest BCUT2D eigenvalue weighted by Gasteiger charge is -2.10. The number of hydrogen-bond acceptors (Lipinski definition) is 4. The average Bonchev–Trinajstić information content (AvgIpc) is 2.78. The molecular weight excluding hydrogens is 355 g/mol. The fraction of sp³-hybridized carbons (Fsp3) is 0.231. The number of aryl methyl sites for hydroxylation is 1. The van der Waals surface area contributed by atoms with E-state index >= 15 is 0 Å². The number of aromatic nitrogens is 1. The highest BCUT2D eigenvalue weighted by Gasteiger charge is 2.33. The standard InChI is InChI=1S/C13H9BrF3NO3/c1-6-10(12(19)20-2)11(18-21-6)7-3-4-8(9(14)5-7)13(15,16)17/h3-5H,1-2H3. The molecule has 0 fully saturated rings. The van der Waals surface area contributed by atoms with Crippen LogP contribution in [0.5, 0.6) is 0 Å². The van der Waals surface area contributed by atoms with Crippen molar-refractivity contribution in [1.29, 1.82) is 0 Å². The molecular formula is C13H9BrF3NO3. The number of carbonyl (C=O) groups excluding carboxylic acids is 1.